The molecule has 0 aliphatic rings. The van der Waals surface area contributed by atoms with Gasteiger partial charge in [0.25, 0.3) is 5.91 Å². The molecule has 0 heterocycles. The van der Waals surface area contributed by atoms with E-state index in [4.69, 9.17) is 0 Å². The molecule has 4 nitrogen and oxygen atoms in total. The van der Waals surface area contributed by atoms with E-state index < -0.39 is 0 Å². The minimum Gasteiger partial charge on any atom is -0.505 e. The minimum absolute atomic E-state index is 0.192. The number of benzene rings is 2. The lowest BCUT2D eigenvalue weighted by Gasteiger charge is -2.10. The fourth-order valence-electron chi connectivity index (χ4n) is 2.33. The summed E-state index contributed by atoms with van der Waals surface area (Å²) in [4.78, 5) is 23.7. The highest BCUT2D eigenvalue weighted by Gasteiger charge is 2.13. The Morgan fingerprint density at radius 1 is 1.09 bits per heavy atom. The zero-order valence-electron chi connectivity index (χ0n) is 13.4. The fourth-order valence-corrected chi connectivity index (χ4v) is 2.33. The van der Waals surface area contributed by atoms with Crippen molar-refractivity contribution in [1.82, 2.24) is 0 Å². The van der Waals surface area contributed by atoms with Crippen LogP contribution in [0.15, 0.2) is 42.5 Å². The first kappa shape index (κ1) is 16.7. The lowest BCUT2D eigenvalue weighted by Crippen LogP contribution is -2.12. The van der Waals surface area contributed by atoms with Crippen molar-refractivity contribution in [2.75, 3.05) is 5.32 Å². The highest BCUT2D eigenvalue weighted by atomic mass is 16.3. The van der Waals surface area contributed by atoms with Crippen molar-refractivity contribution in [3.05, 3.63) is 59.2 Å². The van der Waals surface area contributed by atoms with E-state index in [0.29, 0.717) is 5.56 Å². The second kappa shape index (κ2) is 7.58. The van der Waals surface area contributed by atoms with Gasteiger partial charge in [-0.25, -0.2) is 0 Å². The zero-order chi connectivity index (χ0) is 16.8. The average molecular weight is 311 g/mol. The molecule has 0 aliphatic heterocycles. The van der Waals surface area contributed by atoms with E-state index in [1.54, 1.807) is 24.3 Å². The summed E-state index contributed by atoms with van der Waals surface area (Å²) in [5, 5.41) is 12.7. The van der Waals surface area contributed by atoms with E-state index >= 15 is 0 Å². The van der Waals surface area contributed by atoms with Crippen molar-refractivity contribution < 1.29 is 14.7 Å². The van der Waals surface area contributed by atoms with Crippen LogP contribution in [0.25, 0.3) is 0 Å². The SMILES string of the molecule is CCCCc1ccc(C(=O)Nc2cccc(C(C)=O)c2O)cc1. The number of aromatic hydroxyl groups is 1. The quantitative estimate of drug-likeness (QED) is 0.621. The first-order chi connectivity index (χ1) is 11.0. The van der Waals surface area contributed by atoms with Crippen LogP contribution in [0.3, 0.4) is 0 Å². The van der Waals surface area contributed by atoms with Crippen molar-refractivity contribution >= 4 is 17.4 Å². The molecule has 0 unspecified atom stereocenters. The van der Waals surface area contributed by atoms with Gasteiger partial charge in [0.2, 0.25) is 0 Å². The molecule has 0 aliphatic carbocycles. The summed E-state index contributed by atoms with van der Waals surface area (Å²) in [7, 11) is 0. The molecule has 4 heteroatoms. The number of aryl methyl sites for hydroxylation is 1. The number of anilines is 1. The summed E-state index contributed by atoms with van der Waals surface area (Å²) < 4.78 is 0. The topological polar surface area (TPSA) is 66.4 Å². The molecule has 2 N–H and O–H groups in total. The molecule has 23 heavy (non-hydrogen) atoms. The van der Waals surface area contributed by atoms with Crippen molar-refractivity contribution in [2.45, 2.75) is 33.1 Å². The van der Waals surface area contributed by atoms with Crippen molar-refractivity contribution in [3.8, 4) is 5.75 Å². The Morgan fingerprint density at radius 3 is 2.39 bits per heavy atom. The number of nitrogens with one attached hydrogen (secondary N) is 1. The number of unbranched alkanes of at least 4 members (excludes halogenated alkanes) is 1. The van der Waals surface area contributed by atoms with Gasteiger partial charge in [-0.05, 0) is 49.6 Å². The van der Waals surface area contributed by atoms with Gasteiger partial charge in [-0.2, -0.15) is 0 Å². The van der Waals surface area contributed by atoms with Gasteiger partial charge in [0, 0.05) is 5.56 Å². The van der Waals surface area contributed by atoms with Crippen LogP contribution in [-0.2, 0) is 6.42 Å². The maximum absolute atomic E-state index is 12.3. The molecule has 0 aromatic heterocycles. The molecule has 0 atom stereocenters. The van der Waals surface area contributed by atoms with E-state index in [9.17, 15) is 14.7 Å². The molecule has 0 spiro atoms. The van der Waals surface area contributed by atoms with Crippen LogP contribution in [0.4, 0.5) is 5.69 Å². The molecule has 2 aromatic carbocycles. The summed E-state index contributed by atoms with van der Waals surface area (Å²) in [5.41, 5.74) is 2.14. The smallest absolute Gasteiger partial charge is 0.255 e. The highest BCUT2D eigenvalue weighted by molar-refractivity contribution is 6.06. The third-order valence-electron chi connectivity index (χ3n) is 3.70. The Balaban J connectivity index is 2.13. The molecule has 0 bridgehead atoms. The first-order valence-electron chi connectivity index (χ1n) is 7.76. The van der Waals surface area contributed by atoms with Gasteiger partial charge >= 0.3 is 0 Å². The molecule has 0 saturated heterocycles. The van der Waals surface area contributed by atoms with Crippen LogP contribution < -0.4 is 5.32 Å². The molecule has 0 saturated carbocycles. The molecule has 1 amide bonds. The summed E-state index contributed by atoms with van der Waals surface area (Å²) in [6.07, 6.45) is 3.26. The standard InChI is InChI=1S/C19H21NO3/c1-3-4-6-14-9-11-15(12-10-14)19(23)20-17-8-5-7-16(13(2)21)18(17)22/h5,7-12,22H,3-4,6H2,1-2H3,(H,20,23). The monoisotopic (exact) mass is 311 g/mol. The maximum Gasteiger partial charge on any atom is 0.255 e. The van der Waals surface area contributed by atoms with Crippen molar-refractivity contribution in [1.29, 1.82) is 0 Å². The molecule has 2 rings (SSSR count). The average Bonchev–Trinajstić information content (AvgIpc) is 2.55. The number of phenolic OH excluding ortho intramolecular Hbond substituents is 1. The predicted octanol–water partition coefficient (Wildman–Crippen LogP) is 4.19. The number of hydrogen-bond acceptors (Lipinski definition) is 3. The molecule has 0 fully saturated rings. The number of hydrogen-bond donors (Lipinski definition) is 2. The number of amides is 1. The Kier molecular flexibility index (Phi) is 5.52. The van der Waals surface area contributed by atoms with E-state index in [2.05, 4.69) is 12.2 Å². The lowest BCUT2D eigenvalue weighted by molar-refractivity contribution is 0.100. The van der Waals surface area contributed by atoms with Gasteiger partial charge in [0.1, 0.15) is 5.75 Å². The molecule has 2 aromatic rings. The van der Waals surface area contributed by atoms with Gasteiger partial charge < -0.3 is 10.4 Å². The van der Waals surface area contributed by atoms with Crippen LogP contribution >= 0.6 is 0 Å². The molecule has 0 radical (unpaired) electrons. The summed E-state index contributed by atoms with van der Waals surface area (Å²) in [5.74, 6) is -0.769. The Morgan fingerprint density at radius 2 is 1.78 bits per heavy atom. The van der Waals surface area contributed by atoms with Crippen LogP contribution in [0, 0.1) is 0 Å². The molecular formula is C19H21NO3. The number of rotatable bonds is 6. The number of para-hydroxylation sites is 1. The third kappa shape index (κ3) is 4.19. The molecule has 120 valence electrons. The van der Waals surface area contributed by atoms with E-state index in [-0.39, 0.29) is 28.7 Å². The third-order valence-corrected chi connectivity index (χ3v) is 3.70. The second-order valence-corrected chi connectivity index (χ2v) is 5.51. The number of phenols is 1. The Hall–Kier alpha value is -2.62. The first-order valence-corrected chi connectivity index (χ1v) is 7.76. The van der Waals surface area contributed by atoms with Crippen LogP contribution in [0.5, 0.6) is 5.75 Å². The number of ketones is 1. The number of Topliss-reactive ketones (excluding diaryl/α,β-unsaturated/α-hetero) is 1. The van der Waals surface area contributed by atoms with Crippen LogP contribution in [-0.4, -0.2) is 16.8 Å². The van der Waals surface area contributed by atoms with Gasteiger partial charge in [0.05, 0.1) is 11.3 Å². The van der Waals surface area contributed by atoms with Gasteiger partial charge in [-0.1, -0.05) is 31.5 Å². The van der Waals surface area contributed by atoms with Gasteiger partial charge in [-0.3, -0.25) is 9.59 Å². The Labute approximate surface area is 136 Å². The number of carbonyl (C=O) groups excluding carboxylic acids is 2. The normalized spacial score (nSPS) is 10.3. The summed E-state index contributed by atoms with van der Waals surface area (Å²) >= 11 is 0. The minimum atomic E-state index is -0.317. The second-order valence-electron chi connectivity index (χ2n) is 5.51. The zero-order valence-corrected chi connectivity index (χ0v) is 13.4. The Bertz CT molecular complexity index is 705. The summed E-state index contributed by atoms with van der Waals surface area (Å²) in [6, 6.07) is 12.1. The van der Waals surface area contributed by atoms with Gasteiger partial charge in [-0.15, -0.1) is 0 Å². The van der Waals surface area contributed by atoms with Gasteiger partial charge in [0.15, 0.2) is 5.78 Å². The van der Waals surface area contributed by atoms with Crippen LogP contribution in [0.2, 0.25) is 0 Å². The van der Waals surface area contributed by atoms with E-state index in [1.807, 2.05) is 12.1 Å². The predicted molar refractivity (Wildman–Crippen MR) is 91.1 cm³/mol. The maximum atomic E-state index is 12.3. The highest BCUT2D eigenvalue weighted by Crippen LogP contribution is 2.28. The van der Waals surface area contributed by atoms with Crippen molar-refractivity contribution in [3.63, 3.8) is 0 Å². The largest absolute Gasteiger partial charge is 0.505 e. The lowest BCUT2D eigenvalue weighted by atomic mass is 10.1. The van der Waals surface area contributed by atoms with Crippen LogP contribution in [0.1, 0.15) is 53.0 Å². The summed E-state index contributed by atoms with van der Waals surface area (Å²) in [6.45, 7) is 3.51. The fraction of sp³-hybridized carbons (Fsp3) is 0.263. The van der Waals surface area contributed by atoms with E-state index in [0.717, 1.165) is 19.3 Å². The molecular weight excluding hydrogens is 290 g/mol. The number of carbonyl (C=O) groups is 2. The van der Waals surface area contributed by atoms with E-state index in [1.165, 1.54) is 18.6 Å². The van der Waals surface area contributed by atoms with Crippen molar-refractivity contribution in [2.24, 2.45) is 0 Å².